The highest BCUT2D eigenvalue weighted by Crippen LogP contribution is 2.51. The quantitative estimate of drug-likeness (QED) is 0.895. The second kappa shape index (κ2) is 6.61. The fourth-order valence-corrected chi connectivity index (χ4v) is 3.76. The molecule has 6 nitrogen and oxygen atoms in total. The first-order valence-electron chi connectivity index (χ1n) is 8.58. The van der Waals surface area contributed by atoms with Crippen LogP contribution in [0.1, 0.15) is 40.0 Å². The monoisotopic (exact) mass is 321 g/mol. The third kappa shape index (κ3) is 3.15. The molecule has 1 aromatic rings. The molecule has 1 saturated carbocycles. The van der Waals surface area contributed by atoms with E-state index in [2.05, 4.69) is 14.9 Å². The fourth-order valence-electron chi connectivity index (χ4n) is 3.76. The van der Waals surface area contributed by atoms with E-state index in [1.54, 1.807) is 12.4 Å². The highest BCUT2D eigenvalue weighted by Gasteiger charge is 2.56. The van der Waals surface area contributed by atoms with Gasteiger partial charge in [0.2, 0.25) is 5.88 Å². The molecule has 2 heterocycles. The maximum atomic E-state index is 10.3. The normalized spacial score (nSPS) is 26.4. The van der Waals surface area contributed by atoms with Crippen molar-refractivity contribution in [2.45, 2.75) is 58.3 Å². The van der Waals surface area contributed by atoms with Crippen molar-refractivity contribution in [1.82, 2.24) is 9.97 Å². The lowest BCUT2D eigenvalue weighted by Gasteiger charge is -2.56. The van der Waals surface area contributed by atoms with E-state index in [0.717, 1.165) is 38.2 Å². The average molecular weight is 321 g/mol. The number of rotatable bonds is 5. The molecule has 2 aliphatic rings. The summed E-state index contributed by atoms with van der Waals surface area (Å²) < 4.78 is 11.4. The summed E-state index contributed by atoms with van der Waals surface area (Å²) in [6.07, 6.45) is 6.10. The van der Waals surface area contributed by atoms with E-state index >= 15 is 0 Å². The first-order chi connectivity index (χ1) is 11.0. The van der Waals surface area contributed by atoms with Gasteiger partial charge >= 0.3 is 0 Å². The Hall–Kier alpha value is -1.40. The summed E-state index contributed by atoms with van der Waals surface area (Å²) in [5, 5.41) is 10.3. The third-order valence-corrected chi connectivity index (χ3v) is 5.08. The van der Waals surface area contributed by atoms with Crippen molar-refractivity contribution in [3.8, 4) is 5.88 Å². The first kappa shape index (κ1) is 16.5. The van der Waals surface area contributed by atoms with Crippen LogP contribution >= 0.6 is 0 Å². The molecule has 1 aliphatic carbocycles. The van der Waals surface area contributed by atoms with Crippen molar-refractivity contribution in [3.05, 3.63) is 12.4 Å². The molecule has 2 fully saturated rings. The minimum Gasteiger partial charge on any atom is -0.474 e. The Morgan fingerprint density at radius 2 is 2.09 bits per heavy atom. The van der Waals surface area contributed by atoms with Gasteiger partial charge in [0.1, 0.15) is 0 Å². The van der Waals surface area contributed by atoms with E-state index in [-0.39, 0.29) is 23.7 Å². The molecule has 1 saturated heterocycles. The second-order valence-corrected chi connectivity index (χ2v) is 6.80. The van der Waals surface area contributed by atoms with Crippen LogP contribution in [-0.4, -0.2) is 53.1 Å². The zero-order valence-electron chi connectivity index (χ0n) is 14.2. The van der Waals surface area contributed by atoms with Crippen LogP contribution in [0.5, 0.6) is 5.88 Å². The number of aromatic nitrogens is 2. The van der Waals surface area contributed by atoms with Crippen molar-refractivity contribution in [3.63, 3.8) is 0 Å². The molecule has 2 atom stereocenters. The van der Waals surface area contributed by atoms with Crippen LogP contribution in [0.25, 0.3) is 0 Å². The molecule has 3 rings (SSSR count). The van der Waals surface area contributed by atoms with E-state index in [1.807, 2.05) is 20.8 Å². The fraction of sp³-hybridized carbons (Fsp3) is 0.765. The Morgan fingerprint density at radius 3 is 2.70 bits per heavy atom. The molecule has 0 radical (unpaired) electrons. The highest BCUT2D eigenvalue weighted by molar-refractivity contribution is 5.38. The Morgan fingerprint density at radius 1 is 1.35 bits per heavy atom. The van der Waals surface area contributed by atoms with Crippen molar-refractivity contribution in [2.24, 2.45) is 5.41 Å². The van der Waals surface area contributed by atoms with Gasteiger partial charge in [-0.1, -0.05) is 0 Å². The highest BCUT2D eigenvalue weighted by atomic mass is 16.5. The van der Waals surface area contributed by atoms with Crippen LogP contribution in [0.3, 0.4) is 0 Å². The number of aliphatic hydroxyl groups is 1. The van der Waals surface area contributed by atoms with Crippen LogP contribution in [0.4, 0.5) is 5.82 Å². The molecule has 128 valence electrons. The number of piperidine rings is 1. The largest absolute Gasteiger partial charge is 0.474 e. The summed E-state index contributed by atoms with van der Waals surface area (Å²) in [6, 6.07) is 0. The zero-order valence-corrected chi connectivity index (χ0v) is 14.2. The van der Waals surface area contributed by atoms with Gasteiger partial charge in [0.25, 0.3) is 0 Å². The SMILES string of the molecule is CCO[C@@H]1C[C@H](O)C12CCN(c1cncc(OC(C)C)n1)CC2. The van der Waals surface area contributed by atoms with E-state index in [4.69, 9.17) is 9.47 Å². The molecule has 1 aromatic heterocycles. The number of ether oxygens (including phenoxy) is 2. The predicted octanol–water partition coefficient (Wildman–Crippen LogP) is 2.02. The first-order valence-corrected chi connectivity index (χ1v) is 8.58. The Labute approximate surface area is 137 Å². The summed E-state index contributed by atoms with van der Waals surface area (Å²) in [5.74, 6) is 1.41. The van der Waals surface area contributed by atoms with E-state index in [1.165, 1.54) is 0 Å². The van der Waals surface area contributed by atoms with Gasteiger partial charge in [0.05, 0.1) is 30.7 Å². The molecule has 0 amide bonds. The molecule has 23 heavy (non-hydrogen) atoms. The van der Waals surface area contributed by atoms with Crippen LogP contribution in [0, 0.1) is 5.41 Å². The molecule has 6 heteroatoms. The minimum absolute atomic E-state index is 0.0635. The van der Waals surface area contributed by atoms with Crippen LogP contribution < -0.4 is 9.64 Å². The summed E-state index contributed by atoms with van der Waals surface area (Å²) in [4.78, 5) is 11.0. The van der Waals surface area contributed by atoms with Gasteiger partial charge in [-0.3, -0.25) is 4.98 Å². The lowest BCUT2D eigenvalue weighted by Crippen LogP contribution is -2.62. The predicted molar refractivity (Wildman–Crippen MR) is 87.7 cm³/mol. The van der Waals surface area contributed by atoms with Gasteiger partial charge < -0.3 is 19.5 Å². The standard InChI is InChI=1S/C17H27N3O3/c1-4-22-14-9-13(21)17(14)5-7-20(8-6-17)15-10-18-11-16(19-15)23-12(2)3/h10-14,21H,4-9H2,1-3H3/t13-,14+/m0/s1. The van der Waals surface area contributed by atoms with Gasteiger partial charge in [-0.2, -0.15) is 4.98 Å². The number of aliphatic hydroxyl groups excluding tert-OH is 1. The molecule has 1 spiro atoms. The average Bonchev–Trinajstić information content (AvgIpc) is 2.54. The van der Waals surface area contributed by atoms with Crippen LogP contribution in [0.15, 0.2) is 12.4 Å². The van der Waals surface area contributed by atoms with Gasteiger partial charge in [-0.25, -0.2) is 0 Å². The van der Waals surface area contributed by atoms with E-state index < -0.39 is 0 Å². The number of hydrogen-bond acceptors (Lipinski definition) is 6. The lowest BCUT2D eigenvalue weighted by atomic mass is 9.58. The minimum atomic E-state index is -0.233. The number of hydrogen-bond donors (Lipinski definition) is 1. The molecule has 1 N–H and O–H groups in total. The molecular formula is C17H27N3O3. The topological polar surface area (TPSA) is 67.7 Å². The molecular weight excluding hydrogens is 294 g/mol. The Bertz CT molecular complexity index is 528. The van der Waals surface area contributed by atoms with Gasteiger partial charge in [-0.15, -0.1) is 0 Å². The summed E-state index contributed by atoms with van der Waals surface area (Å²) >= 11 is 0. The van der Waals surface area contributed by atoms with Gasteiger partial charge in [0.15, 0.2) is 5.82 Å². The Balaban J connectivity index is 1.65. The van der Waals surface area contributed by atoms with E-state index in [0.29, 0.717) is 12.5 Å². The number of nitrogens with zero attached hydrogens (tertiary/aromatic N) is 3. The molecule has 1 aliphatic heterocycles. The molecule has 0 bridgehead atoms. The van der Waals surface area contributed by atoms with Crippen molar-refractivity contribution >= 4 is 5.82 Å². The van der Waals surface area contributed by atoms with Gasteiger partial charge in [0, 0.05) is 31.5 Å². The van der Waals surface area contributed by atoms with Crippen LogP contribution in [-0.2, 0) is 4.74 Å². The maximum Gasteiger partial charge on any atom is 0.234 e. The van der Waals surface area contributed by atoms with Crippen molar-refractivity contribution in [1.29, 1.82) is 0 Å². The number of anilines is 1. The third-order valence-electron chi connectivity index (χ3n) is 5.08. The molecule has 0 aromatic carbocycles. The Kier molecular flexibility index (Phi) is 4.73. The smallest absolute Gasteiger partial charge is 0.234 e. The van der Waals surface area contributed by atoms with E-state index in [9.17, 15) is 5.11 Å². The van der Waals surface area contributed by atoms with Gasteiger partial charge in [-0.05, 0) is 33.6 Å². The molecule has 0 unspecified atom stereocenters. The maximum absolute atomic E-state index is 10.3. The van der Waals surface area contributed by atoms with Crippen LogP contribution in [0.2, 0.25) is 0 Å². The lowest BCUT2D eigenvalue weighted by molar-refractivity contribution is -0.199. The summed E-state index contributed by atoms with van der Waals surface area (Å²) in [5.41, 5.74) is -0.0635. The summed E-state index contributed by atoms with van der Waals surface area (Å²) in [7, 11) is 0. The second-order valence-electron chi connectivity index (χ2n) is 6.80. The summed E-state index contributed by atoms with van der Waals surface area (Å²) in [6.45, 7) is 8.41. The van der Waals surface area contributed by atoms with Crippen molar-refractivity contribution in [2.75, 3.05) is 24.6 Å². The zero-order chi connectivity index (χ0) is 16.4. The van der Waals surface area contributed by atoms with Crippen molar-refractivity contribution < 1.29 is 14.6 Å².